The average Bonchev–Trinajstić information content (AvgIpc) is 2.64. The van der Waals surface area contributed by atoms with Gasteiger partial charge in [0.1, 0.15) is 0 Å². The molecule has 0 N–H and O–H groups in total. The summed E-state index contributed by atoms with van der Waals surface area (Å²) in [7, 11) is 1.77. The predicted octanol–water partition coefficient (Wildman–Crippen LogP) is 1.95. The smallest absolute Gasteiger partial charge is 0.150 e. The van der Waals surface area contributed by atoms with Crippen molar-refractivity contribution in [3.8, 4) is 11.3 Å². The van der Waals surface area contributed by atoms with Gasteiger partial charge in [-0.05, 0) is 12.1 Å². The molecule has 2 rings (SSSR count). The quantitative estimate of drug-likeness (QED) is 0.729. The highest BCUT2D eigenvalue weighted by molar-refractivity contribution is 6.31. The van der Waals surface area contributed by atoms with E-state index in [1.165, 1.54) is 0 Å². The van der Waals surface area contributed by atoms with Crippen LogP contribution in [-0.2, 0) is 7.05 Å². The Kier molecular flexibility index (Phi) is 2.51. The third-order valence-corrected chi connectivity index (χ3v) is 2.37. The standard InChI is InChI=1S/C10H8ClN3O/c1-14-10(5-12-13-14)9-3-2-8(11)4-7(9)6-15/h2-6H,1H3. The minimum absolute atomic E-state index is 0.535. The van der Waals surface area contributed by atoms with E-state index in [1.807, 2.05) is 0 Å². The summed E-state index contributed by atoms with van der Waals surface area (Å²) in [5.41, 5.74) is 2.10. The van der Waals surface area contributed by atoms with Gasteiger partial charge in [-0.2, -0.15) is 0 Å². The molecule has 0 aliphatic carbocycles. The first-order valence-electron chi connectivity index (χ1n) is 4.32. The number of aldehydes is 1. The maximum absolute atomic E-state index is 10.9. The summed E-state index contributed by atoms with van der Waals surface area (Å²) in [5.74, 6) is 0. The number of carbonyl (C=O) groups is 1. The van der Waals surface area contributed by atoms with Crippen molar-refractivity contribution in [2.45, 2.75) is 0 Å². The van der Waals surface area contributed by atoms with Gasteiger partial charge in [0.25, 0.3) is 0 Å². The van der Waals surface area contributed by atoms with Crippen LogP contribution in [0.4, 0.5) is 0 Å². The molecule has 0 amide bonds. The van der Waals surface area contributed by atoms with E-state index in [0.717, 1.165) is 17.5 Å². The molecule has 0 atom stereocenters. The third-order valence-electron chi connectivity index (χ3n) is 2.13. The Hall–Kier alpha value is -1.68. The lowest BCUT2D eigenvalue weighted by Gasteiger charge is -2.04. The van der Waals surface area contributed by atoms with Crippen LogP contribution >= 0.6 is 11.6 Å². The molecule has 0 bridgehead atoms. The van der Waals surface area contributed by atoms with Crippen molar-refractivity contribution >= 4 is 17.9 Å². The van der Waals surface area contributed by atoms with Crippen LogP contribution in [0.1, 0.15) is 10.4 Å². The summed E-state index contributed by atoms with van der Waals surface area (Å²) >= 11 is 5.80. The second kappa shape index (κ2) is 3.82. The average molecular weight is 222 g/mol. The number of hydrogen-bond donors (Lipinski definition) is 0. The lowest BCUT2D eigenvalue weighted by molar-refractivity contribution is 0.112. The van der Waals surface area contributed by atoms with E-state index in [4.69, 9.17) is 11.6 Å². The predicted molar refractivity (Wildman–Crippen MR) is 56.8 cm³/mol. The normalized spacial score (nSPS) is 10.3. The van der Waals surface area contributed by atoms with Crippen LogP contribution in [0.15, 0.2) is 24.4 Å². The van der Waals surface area contributed by atoms with Gasteiger partial charge in [-0.25, -0.2) is 4.68 Å². The summed E-state index contributed by atoms with van der Waals surface area (Å²) < 4.78 is 1.61. The number of carbonyl (C=O) groups excluding carboxylic acids is 1. The van der Waals surface area contributed by atoms with Gasteiger partial charge in [-0.15, -0.1) is 5.10 Å². The Bertz CT molecular complexity index is 507. The highest BCUT2D eigenvalue weighted by atomic mass is 35.5. The summed E-state index contributed by atoms with van der Waals surface area (Å²) in [5, 5.41) is 8.11. The van der Waals surface area contributed by atoms with Crippen molar-refractivity contribution in [2.75, 3.05) is 0 Å². The molecule has 0 unspecified atom stereocenters. The molecular weight excluding hydrogens is 214 g/mol. The maximum Gasteiger partial charge on any atom is 0.150 e. The summed E-state index contributed by atoms with van der Waals surface area (Å²) in [6, 6.07) is 5.14. The Morgan fingerprint density at radius 1 is 1.47 bits per heavy atom. The molecule has 0 saturated heterocycles. The molecule has 1 heterocycles. The number of halogens is 1. The zero-order valence-electron chi connectivity index (χ0n) is 8.01. The molecule has 1 aromatic carbocycles. The van der Waals surface area contributed by atoms with E-state index in [0.29, 0.717) is 10.6 Å². The Balaban J connectivity index is 2.63. The van der Waals surface area contributed by atoms with Crippen LogP contribution in [0.5, 0.6) is 0 Å². The van der Waals surface area contributed by atoms with Crippen LogP contribution in [0.25, 0.3) is 11.3 Å². The van der Waals surface area contributed by atoms with Crippen molar-refractivity contribution in [1.82, 2.24) is 15.0 Å². The molecule has 1 aromatic heterocycles. The molecular formula is C10H8ClN3O. The highest BCUT2D eigenvalue weighted by Gasteiger charge is 2.09. The summed E-state index contributed by atoms with van der Waals surface area (Å²) in [6.45, 7) is 0. The van der Waals surface area contributed by atoms with E-state index in [-0.39, 0.29) is 0 Å². The van der Waals surface area contributed by atoms with Gasteiger partial charge in [-0.1, -0.05) is 22.9 Å². The van der Waals surface area contributed by atoms with Crippen LogP contribution in [-0.4, -0.2) is 21.3 Å². The number of aryl methyl sites for hydroxylation is 1. The second-order valence-electron chi connectivity index (χ2n) is 3.09. The summed E-state index contributed by atoms with van der Waals surface area (Å²) in [4.78, 5) is 10.9. The van der Waals surface area contributed by atoms with E-state index in [2.05, 4.69) is 10.3 Å². The van der Waals surface area contributed by atoms with Gasteiger partial charge in [0.15, 0.2) is 6.29 Å². The number of rotatable bonds is 2. The molecule has 15 heavy (non-hydrogen) atoms. The number of aromatic nitrogens is 3. The van der Waals surface area contributed by atoms with E-state index in [1.54, 1.807) is 36.1 Å². The van der Waals surface area contributed by atoms with Gasteiger partial charge in [0, 0.05) is 23.2 Å². The molecule has 5 heteroatoms. The lowest BCUT2D eigenvalue weighted by atomic mass is 10.1. The fourth-order valence-corrected chi connectivity index (χ4v) is 1.58. The van der Waals surface area contributed by atoms with Crippen molar-refractivity contribution in [3.05, 3.63) is 35.0 Å². The fraction of sp³-hybridized carbons (Fsp3) is 0.100. The van der Waals surface area contributed by atoms with Crippen LogP contribution < -0.4 is 0 Å². The minimum Gasteiger partial charge on any atom is -0.298 e. The van der Waals surface area contributed by atoms with Crippen LogP contribution in [0.2, 0.25) is 5.02 Å². The zero-order chi connectivity index (χ0) is 10.8. The topological polar surface area (TPSA) is 47.8 Å². The zero-order valence-corrected chi connectivity index (χ0v) is 8.77. The minimum atomic E-state index is 0.535. The van der Waals surface area contributed by atoms with Crippen LogP contribution in [0, 0.1) is 0 Å². The van der Waals surface area contributed by atoms with Gasteiger partial charge in [0.05, 0.1) is 11.9 Å². The first kappa shape index (κ1) is 9.86. The second-order valence-corrected chi connectivity index (χ2v) is 3.53. The molecule has 2 aromatic rings. The highest BCUT2D eigenvalue weighted by Crippen LogP contribution is 2.23. The van der Waals surface area contributed by atoms with Crippen molar-refractivity contribution in [1.29, 1.82) is 0 Å². The van der Waals surface area contributed by atoms with E-state index >= 15 is 0 Å². The van der Waals surface area contributed by atoms with Crippen LogP contribution in [0.3, 0.4) is 0 Å². The Morgan fingerprint density at radius 3 is 2.87 bits per heavy atom. The molecule has 0 radical (unpaired) electrons. The fourth-order valence-electron chi connectivity index (χ4n) is 1.40. The molecule has 4 nitrogen and oxygen atoms in total. The first-order chi connectivity index (χ1) is 7.22. The molecule has 0 aliphatic rings. The Labute approximate surface area is 91.5 Å². The van der Waals surface area contributed by atoms with Gasteiger partial charge in [-0.3, -0.25) is 4.79 Å². The third kappa shape index (κ3) is 1.76. The molecule has 0 saturated carbocycles. The molecule has 76 valence electrons. The van der Waals surface area contributed by atoms with E-state index in [9.17, 15) is 4.79 Å². The largest absolute Gasteiger partial charge is 0.298 e. The van der Waals surface area contributed by atoms with Gasteiger partial charge in [0.2, 0.25) is 0 Å². The van der Waals surface area contributed by atoms with Gasteiger partial charge < -0.3 is 0 Å². The van der Waals surface area contributed by atoms with Crippen molar-refractivity contribution < 1.29 is 4.79 Å². The lowest BCUT2D eigenvalue weighted by Crippen LogP contribution is -1.96. The monoisotopic (exact) mass is 221 g/mol. The molecule has 0 aliphatic heterocycles. The first-order valence-corrected chi connectivity index (χ1v) is 4.70. The van der Waals surface area contributed by atoms with Crippen molar-refractivity contribution in [2.24, 2.45) is 7.05 Å². The maximum atomic E-state index is 10.9. The van der Waals surface area contributed by atoms with E-state index < -0.39 is 0 Å². The molecule has 0 spiro atoms. The SMILES string of the molecule is Cn1nncc1-c1ccc(Cl)cc1C=O. The molecule has 0 fully saturated rings. The number of nitrogens with zero attached hydrogens (tertiary/aromatic N) is 3. The number of benzene rings is 1. The number of hydrogen-bond acceptors (Lipinski definition) is 3. The van der Waals surface area contributed by atoms with Crippen molar-refractivity contribution in [3.63, 3.8) is 0 Å². The van der Waals surface area contributed by atoms with Gasteiger partial charge >= 0.3 is 0 Å². The summed E-state index contributed by atoms with van der Waals surface area (Å²) in [6.07, 6.45) is 2.38. The Morgan fingerprint density at radius 2 is 2.27 bits per heavy atom.